The second-order valence-corrected chi connectivity index (χ2v) is 5.69. The maximum atomic E-state index is 12.4. The molecule has 1 fully saturated rings. The number of carbonyl (C=O) groups is 2. The number of rotatable bonds is 3. The summed E-state index contributed by atoms with van der Waals surface area (Å²) in [6.07, 6.45) is 0.321. The SMILES string of the molecule is CC(=O)NCc1ccc(C(=O)N2CCC(O)C(C)C2)cc1. The fourth-order valence-corrected chi connectivity index (χ4v) is 2.49. The van der Waals surface area contributed by atoms with E-state index in [0.29, 0.717) is 31.6 Å². The highest BCUT2D eigenvalue weighted by atomic mass is 16.3. The summed E-state index contributed by atoms with van der Waals surface area (Å²) >= 11 is 0. The van der Waals surface area contributed by atoms with Gasteiger partial charge in [-0.2, -0.15) is 0 Å². The average Bonchev–Trinajstić information content (AvgIpc) is 2.48. The van der Waals surface area contributed by atoms with Gasteiger partial charge in [-0.15, -0.1) is 0 Å². The topological polar surface area (TPSA) is 69.6 Å². The molecule has 1 heterocycles. The van der Waals surface area contributed by atoms with Crippen LogP contribution in [0.15, 0.2) is 24.3 Å². The van der Waals surface area contributed by atoms with Gasteiger partial charge in [0, 0.05) is 32.1 Å². The van der Waals surface area contributed by atoms with Gasteiger partial charge in [0.1, 0.15) is 0 Å². The summed E-state index contributed by atoms with van der Waals surface area (Å²) in [6.45, 7) is 5.09. The van der Waals surface area contributed by atoms with Crippen LogP contribution in [0, 0.1) is 5.92 Å². The molecule has 0 saturated carbocycles. The molecule has 5 nitrogen and oxygen atoms in total. The Kier molecular flexibility index (Phi) is 4.96. The van der Waals surface area contributed by atoms with E-state index in [1.807, 2.05) is 19.1 Å². The fourth-order valence-electron chi connectivity index (χ4n) is 2.49. The Hall–Kier alpha value is -1.88. The maximum Gasteiger partial charge on any atom is 0.253 e. The molecule has 0 bridgehead atoms. The smallest absolute Gasteiger partial charge is 0.253 e. The fraction of sp³-hybridized carbons (Fsp3) is 0.500. The molecule has 0 aliphatic carbocycles. The van der Waals surface area contributed by atoms with E-state index < -0.39 is 0 Å². The maximum absolute atomic E-state index is 12.4. The molecule has 2 amide bonds. The molecule has 5 heteroatoms. The number of benzene rings is 1. The van der Waals surface area contributed by atoms with E-state index >= 15 is 0 Å². The number of piperidine rings is 1. The van der Waals surface area contributed by atoms with Crippen LogP contribution in [0.3, 0.4) is 0 Å². The third kappa shape index (κ3) is 4.04. The van der Waals surface area contributed by atoms with Gasteiger partial charge in [-0.1, -0.05) is 19.1 Å². The van der Waals surface area contributed by atoms with Crippen LogP contribution in [0.5, 0.6) is 0 Å². The zero-order valence-electron chi connectivity index (χ0n) is 12.5. The van der Waals surface area contributed by atoms with Crippen LogP contribution in [0.25, 0.3) is 0 Å². The summed E-state index contributed by atoms with van der Waals surface area (Å²) < 4.78 is 0. The van der Waals surface area contributed by atoms with Gasteiger partial charge < -0.3 is 15.3 Å². The number of aliphatic hydroxyl groups excluding tert-OH is 1. The van der Waals surface area contributed by atoms with Gasteiger partial charge >= 0.3 is 0 Å². The van der Waals surface area contributed by atoms with E-state index in [4.69, 9.17) is 0 Å². The van der Waals surface area contributed by atoms with Gasteiger partial charge in [0.2, 0.25) is 5.91 Å². The first-order valence-electron chi connectivity index (χ1n) is 7.28. The molecule has 0 radical (unpaired) electrons. The number of nitrogens with one attached hydrogen (secondary N) is 1. The summed E-state index contributed by atoms with van der Waals surface area (Å²) in [7, 11) is 0. The van der Waals surface area contributed by atoms with E-state index in [-0.39, 0.29) is 23.8 Å². The molecule has 21 heavy (non-hydrogen) atoms. The standard InChI is InChI=1S/C16H22N2O3/c1-11-10-18(8-7-15(11)20)16(21)14-5-3-13(4-6-14)9-17-12(2)19/h3-6,11,15,20H,7-10H2,1-2H3,(H,17,19). The molecule has 2 atom stereocenters. The van der Waals surface area contributed by atoms with Crippen molar-refractivity contribution in [3.05, 3.63) is 35.4 Å². The van der Waals surface area contributed by atoms with Crippen molar-refractivity contribution in [1.29, 1.82) is 0 Å². The number of hydrogen-bond donors (Lipinski definition) is 2. The number of amides is 2. The second-order valence-electron chi connectivity index (χ2n) is 5.69. The summed E-state index contributed by atoms with van der Waals surface area (Å²) in [6, 6.07) is 7.28. The van der Waals surface area contributed by atoms with Crippen LogP contribution in [0.4, 0.5) is 0 Å². The molecule has 1 aliphatic rings. The van der Waals surface area contributed by atoms with Gasteiger partial charge in [0.05, 0.1) is 6.10 Å². The van der Waals surface area contributed by atoms with Gasteiger partial charge in [-0.05, 0) is 30.0 Å². The summed E-state index contributed by atoms with van der Waals surface area (Å²) in [4.78, 5) is 25.1. The van der Waals surface area contributed by atoms with Crippen molar-refractivity contribution in [2.24, 2.45) is 5.92 Å². The van der Waals surface area contributed by atoms with Crippen molar-refractivity contribution < 1.29 is 14.7 Å². The Balaban J connectivity index is 1.98. The van der Waals surface area contributed by atoms with Crippen LogP contribution < -0.4 is 5.32 Å². The number of nitrogens with zero attached hydrogens (tertiary/aromatic N) is 1. The molecule has 0 spiro atoms. The van der Waals surface area contributed by atoms with Gasteiger partial charge in [0.15, 0.2) is 0 Å². The van der Waals surface area contributed by atoms with Crippen LogP contribution in [0.1, 0.15) is 36.2 Å². The van der Waals surface area contributed by atoms with E-state index in [2.05, 4.69) is 5.32 Å². The lowest BCUT2D eigenvalue weighted by atomic mass is 9.96. The van der Waals surface area contributed by atoms with Gasteiger partial charge in [-0.25, -0.2) is 0 Å². The second kappa shape index (κ2) is 6.72. The van der Waals surface area contributed by atoms with Crippen LogP contribution in [-0.4, -0.2) is 41.0 Å². The largest absolute Gasteiger partial charge is 0.393 e. The van der Waals surface area contributed by atoms with Crippen LogP contribution in [-0.2, 0) is 11.3 Å². The minimum Gasteiger partial charge on any atom is -0.393 e. The molecule has 1 aliphatic heterocycles. The predicted molar refractivity (Wildman–Crippen MR) is 79.7 cm³/mol. The molecule has 1 aromatic rings. The third-order valence-corrected chi connectivity index (χ3v) is 3.89. The Bertz CT molecular complexity index is 513. The minimum atomic E-state index is -0.311. The number of carbonyl (C=O) groups excluding carboxylic acids is 2. The normalized spacial score (nSPS) is 22.0. The van der Waals surface area contributed by atoms with E-state index in [1.54, 1.807) is 17.0 Å². The molecule has 1 saturated heterocycles. The van der Waals surface area contributed by atoms with Crippen molar-refractivity contribution >= 4 is 11.8 Å². The molecule has 2 unspecified atom stereocenters. The van der Waals surface area contributed by atoms with E-state index in [0.717, 1.165) is 5.56 Å². The Morgan fingerprint density at radius 1 is 1.33 bits per heavy atom. The van der Waals surface area contributed by atoms with E-state index in [1.165, 1.54) is 6.92 Å². The number of hydrogen-bond acceptors (Lipinski definition) is 3. The minimum absolute atomic E-state index is 0.000160. The zero-order valence-corrected chi connectivity index (χ0v) is 12.5. The average molecular weight is 290 g/mol. The zero-order chi connectivity index (χ0) is 15.4. The summed E-state index contributed by atoms with van der Waals surface area (Å²) in [5.41, 5.74) is 1.61. The Labute approximate surface area is 125 Å². The van der Waals surface area contributed by atoms with Gasteiger partial charge in [0.25, 0.3) is 5.91 Å². The lowest BCUT2D eigenvalue weighted by molar-refractivity contribution is -0.119. The van der Waals surface area contributed by atoms with E-state index in [9.17, 15) is 14.7 Å². The first-order valence-corrected chi connectivity index (χ1v) is 7.28. The summed E-state index contributed by atoms with van der Waals surface area (Å²) in [5, 5.41) is 12.4. The lowest BCUT2D eigenvalue weighted by Crippen LogP contribution is -2.44. The molecular weight excluding hydrogens is 268 g/mol. The van der Waals surface area contributed by atoms with Crippen LogP contribution >= 0.6 is 0 Å². The number of likely N-dealkylation sites (tertiary alicyclic amines) is 1. The predicted octanol–water partition coefficient (Wildman–Crippen LogP) is 1.17. The Morgan fingerprint density at radius 3 is 2.57 bits per heavy atom. The van der Waals surface area contributed by atoms with Crippen LogP contribution in [0.2, 0.25) is 0 Å². The number of aliphatic hydroxyl groups is 1. The summed E-state index contributed by atoms with van der Waals surface area (Å²) in [5.74, 6) is 0.0394. The molecule has 2 rings (SSSR count). The first-order chi connectivity index (χ1) is 9.97. The quantitative estimate of drug-likeness (QED) is 0.878. The molecule has 114 valence electrons. The molecule has 1 aromatic carbocycles. The van der Waals surface area contributed by atoms with Crippen molar-refractivity contribution in [3.63, 3.8) is 0 Å². The Morgan fingerprint density at radius 2 is 2.00 bits per heavy atom. The highest BCUT2D eigenvalue weighted by Gasteiger charge is 2.27. The first kappa shape index (κ1) is 15.5. The van der Waals surface area contributed by atoms with Crippen molar-refractivity contribution in [3.8, 4) is 0 Å². The lowest BCUT2D eigenvalue weighted by Gasteiger charge is -2.34. The molecule has 2 N–H and O–H groups in total. The monoisotopic (exact) mass is 290 g/mol. The molecule has 0 aromatic heterocycles. The van der Waals surface area contributed by atoms with Gasteiger partial charge in [-0.3, -0.25) is 9.59 Å². The van der Waals surface area contributed by atoms with Crippen molar-refractivity contribution in [2.75, 3.05) is 13.1 Å². The molecular formula is C16H22N2O3. The highest BCUT2D eigenvalue weighted by molar-refractivity contribution is 5.94. The van der Waals surface area contributed by atoms with Crippen molar-refractivity contribution in [1.82, 2.24) is 10.2 Å². The van der Waals surface area contributed by atoms with Crippen molar-refractivity contribution in [2.45, 2.75) is 32.9 Å². The third-order valence-electron chi connectivity index (χ3n) is 3.89. The highest BCUT2D eigenvalue weighted by Crippen LogP contribution is 2.19.